The molecule has 0 heterocycles. The first-order valence-electron chi connectivity index (χ1n) is 1.37. The highest BCUT2D eigenvalue weighted by molar-refractivity contribution is 6.61. The van der Waals surface area contributed by atoms with Gasteiger partial charge in [-0.25, -0.2) is 0 Å². The van der Waals surface area contributed by atoms with Crippen LogP contribution in [0.15, 0.2) is 12.3 Å². The molecule has 0 fully saturated rings. The third-order valence-corrected chi connectivity index (χ3v) is 0.822. The van der Waals surface area contributed by atoms with E-state index in [-0.39, 0.29) is 0 Å². The lowest BCUT2D eigenvalue weighted by atomic mass is 11.3. The van der Waals surface area contributed by atoms with Gasteiger partial charge in [-0.15, -0.1) is 0 Å². The second-order valence-electron chi connectivity index (χ2n) is 0.891. The highest BCUT2D eigenvalue weighted by Crippen LogP contribution is 1.80. The fourth-order valence-corrected chi connectivity index (χ4v) is 0. The maximum Gasteiger partial charge on any atom is 0.520 e. The Hall–Kier alpha value is -0.163. The Labute approximate surface area is 36.5 Å². The third-order valence-electron chi connectivity index (χ3n) is 0.274. The lowest BCUT2D eigenvalue weighted by Crippen LogP contribution is -2.31. The lowest BCUT2D eigenvalue weighted by Gasteiger charge is -1.97. The van der Waals surface area contributed by atoms with E-state index in [4.69, 9.17) is 14.4 Å². The number of rotatable bonds is 1. The lowest BCUT2D eigenvalue weighted by molar-refractivity contribution is 0.248. The summed E-state index contributed by atoms with van der Waals surface area (Å²) in [7, 11) is -3.87. The van der Waals surface area contributed by atoms with Crippen molar-refractivity contribution in [2.24, 2.45) is 0 Å². The van der Waals surface area contributed by atoms with Gasteiger partial charge in [-0.2, -0.15) is 0 Å². The highest BCUT2D eigenvalue weighted by Gasteiger charge is 2.19. The molecule has 0 atom stereocenters. The van der Waals surface area contributed by atoms with Crippen LogP contribution in [0, 0.1) is 0 Å². The number of hydrogen-bond acceptors (Lipinski definition) is 3. The van der Waals surface area contributed by atoms with E-state index in [9.17, 15) is 0 Å². The van der Waals surface area contributed by atoms with Crippen LogP contribution in [0.5, 0.6) is 0 Å². The van der Waals surface area contributed by atoms with Gasteiger partial charge in [0.05, 0.1) is 0 Å². The van der Waals surface area contributed by atoms with Gasteiger partial charge in [-0.1, -0.05) is 6.58 Å². The van der Waals surface area contributed by atoms with E-state index < -0.39 is 8.80 Å². The molecular weight excluding hydrogens is 100 g/mol. The van der Waals surface area contributed by atoms with Crippen LogP contribution in [0.2, 0.25) is 0 Å². The van der Waals surface area contributed by atoms with Crippen molar-refractivity contribution in [2.45, 2.75) is 0 Å². The van der Waals surface area contributed by atoms with Crippen molar-refractivity contribution in [3.8, 4) is 0 Å². The topological polar surface area (TPSA) is 60.7 Å². The summed E-state index contributed by atoms with van der Waals surface area (Å²) < 4.78 is 0. The Morgan fingerprint density at radius 1 is 1.33 bits per heavy atom. The Morgan fingerprint density at radius 3 is 1.50 bits per heavy atom. The quantitative estimate of drug-likeness (QED) is 0.361. The maximum atomic E-state index is 7.96. The predicted octanol–water partition coefficient (Wildman–Crippen LogP) is -1.37. The van der Waals surface area contributed by atoms with E-state index in [1.54, 1.807) is 0 Å². The van der Waals surface area contributed by atoms with Crippen molar-refractivity contribution in [2.75, 3.05) is 0 Å². The van der Waals surface area contributed by atoms with Crippen molar-refractivity contribution >= 4 is 8.80 Å². The molecule has 0 unspecified atom stereocenters. The van der Waals surface area contributed by atoms with Crippen molar-refractivity contribution in [3.63, 3.8) is 0 Å². The summed E-state index contributed by atoms with van der Waals surface area (Å²) in [5, 5.41) is 0. The van der Waals surface area contributed by atoms with Crippen LogP contribution < -0.4 is 0 Å². The Morgan fingerprint density at radius 2 is 1.50 bits per heavy atom. The smallest absolute Gasteiger partial charge is 0.387 e. The first kappa shape index (κ1) is 5.84. The standard InChI is InChI=1S/C2H6O3Si/c1-2-6(3,4)5/h2-5H,1H2. The van der Waals surface area contributed by atoms with E-state index in [1.165, 1.54) is 0 Å². The summed E-state index contributed by atoms with van der Waals surface area (Å²) >= 11 is 0. The van der Waals surface area contributed by atoms with Crippen LogP contribution in [-0.4, -0.2) is 23.2 Å². The molecule has 36 valence electrons. The molecule has 0 amide bonds. The van der Waals surface area contributed by atoms with E-state index in [0.717, 1.165) is 5.70 Å². The van der Waals surface area contributed by atoms with Crippen LogP contribution in [-0.2, 0) is 0 Å². The molecule has 0 aliphatic rings. The molecule has 0 radical (unpaired) electrons. The summed E-state index contributed by atoms with van der Waals surface area (Å²) in [5.74, 6) is 0. The Balaban J connectivity index is 3.45. The monoisotopic (exact) mass is 106 g/mol. The number of hydrogen-bond donors (Lipinski definition) is 3. The van der Waals surface area contributed by atoms with Gasteiger partial charge in [-0.05, 0) is 5.70 Å². The molecule has 4 heteroatoms. The van der Waals surface area contributed by atoms with E-state index in [2.05, 4.69) is 6.58 Å². The SMILES string of the molecule is C=C[Si](O)(O)O. The molecule has 6 heavy (non-hydrogen) atoms. The van der Waals surface area contributed by atoms with Gasteiger partial charge in [0.1, 0.15) is 0 Å². The van der Waals surface area contributed by atoms with Gasteiger partial charge in [0.25, 0.3) is 0 Å². The molecule has 3 nitrogen and oxygen atoms in total. The molecule has 3 N–H and O–H groups in total. The third kappa shape index (κ3) is 3.84. The first-order valence-corrected chi connectivity index (χ1v) is 3.29. The summed E-state index contributed by atoms with van der Waals surface area (Å²) in [4.78, 5) is 23.9. The summed E-state index contributed by atoms with van der Waals surface area (Å²) in [6.45, 7) is 2.94. The predicted molar refractivity (Wildman–Crippen MR) is 22.6 cm³/mol. The second-order valence-corrected chi connectivity index (χ2v) is 2.67. The van der Waals surface area contributed by atoms with Gasteiger partial charge in [0, 0.05) is 0 Å². The fraction of sp³-hybridized carbons (Fsp3) is 0. The minimum absolute atomic E-state index is 0.743. The molecule has 0 aromatic rings. The van der Waals surface area contributed by atoms with Gasteiger partial charge >= 0.3 is 8.80 Å². The van der Waals surface area contributed by atoms with Crippen molar-refractivity contribution < 1.29 is 14.4 Å². The van der Waals surface area contributed by atoms with Crippen LogP contribution in [0.1, 0.15) is 0 Å². The molecule has 0 aliphatic heterocycles. The van der Waals surface area contributed by atoms with Gasteiger partial charge in [0.15, 0.2) is 0 Å². The van der Waals surface area contributed by atoms with Crippen LogP contribution in [0.4, 0.5) is 0 Å². The molecule has 0 aromatic heterocycles. The molecular formula is C2H6O3Si. The van der Waals surface area contributed by atoms with Crippen molar-refractivity contribution in [1.29, 1.82) is 0 Å². The fourth-order valence-electron chi connectivity index (χ4n) is 0. The van der Waals surface area contributed by atoms with Crippen molar-refractivity contribution in [1.82, 2.24) is 0 Å². The second kappa shape index (κ2) is 1.52. The largest absolute Gasteiger partial charge is 0.520 e. The highest BCUT2D eigenvalue weighted by atomic mass is 28.4. The summed E-state index contributed by atoms with van der Waals surface area (Å²) in [6.07, 6.45) is 0. The first-order chi connectivity index (χ1) is 2.56. The summed E-state index contributed by atoms with van der Waals surface area (Å²) in [6, 6.07) is 0. The van der Waals surface area contributed by atoms with Gasteiger partial charge < -0.3 is 14.4 Å². The van der Waals surface area contributed by atoms with E-state index >= 15 is 0 Å². The summed E-state index contributed by atoms with van der Waals surface area (Å²) in [5.41, 5.74) is 0.743. The minimum atomic E-state index is -3.87. The average Bonchev–Trinajstić information content (AvgIpc) is 1.35. The van der Waals surface area contributed by atoms with Crippen LogP contribution in [0.3, 0.4) is 0 Å². The van der Waals surface area contributed by atoms with Crippen LogP contribution >= 0.6 is 0 Å². The maximum absolute atomic E-state index is 7.96. The minimum Gasteiger partial charge on any atom is -0.387 e. The molecule has 0 aliphatic carbocycles. The molecule has 0 aromatic carbocycles. The molecule has 0 bridgehead atoms. The molecule has 0 spiro atoms. The molecule has 0 saturated carbocycles. The van der Waals surface area contributed by atoms with E-state index in [0.29, 0.717) is 0 Å². The average molecular weight is 106 g/mol. The van der Waals surface area contributed by atoms with Gasteiger partial charge in [-0.3, -0.25) is 0 Å². The Bertz CT molecular complexity index is 54.3. The zero-order chi connectivity index (χ0) is 5.21. The zero-order valence-electron chi connectivity index (χ0n) is 3.13. The van der Waals surface area contributed by atoms with Crippen molar-refractivity contribution in [3.05, 3.63) is 12.3 Å². The normalized spacial score (nSPS) is 11.2. The Kier molecular flexibility index (Phi) is 1.48. The van der Waals surface area contributed by atoms with E-state index in [1.807, 2.05) is 0 Å². The molecule has 0 saturated heterocycles. The van der Waals surface area contributed by atoms with Crippen LogP contribution in [0.25, 0.3) is 0 Å². The van der Waals surface area contributed by atoms with Gasteiger partial charge in [0.2, 0.25) is 0 Å². The zero-order valence-corrected chi connectivity index (χ0v) is 4.13. The molecule has 0 rings (SSSR count).